The van der Waals surface area contributed by atoms with Gasteiger partial charge < -0.3 is 5.32 Å². The molecule has 0 saturated heterocycles. The fraction of sp³-hybridized carbons (Fsp3) is 0.400. The van der Waals surface area contributed by atoms with Gasteiger partial charge in [-0.1, -0.05) is 36.2 Å². The number of anilines is 1. The molecular formula is C15H20BrN3. The molecule has 0 amide bonds. The normalized spacial score (nSPS) is 10.7. The zero-order valence-electron chi connectivity index (χ0n) is 11.5. The van der Waals surface area contributed by atoms with Crippen LogP contribution in [0, 0.1) is 0 Å². The molecule has 0 aliphatic carbocycles. The number of rotatable bonds is 6. The highest BCUT2D eigenvalue weighted by Gasteiger charge is 2.08. The summed E-state index contributed by atoms with van der Waals surface area (Å²) in [6, 6.07) is 6.38. The summed E-state index contributed by atoms with van der Waals surface area (Å²) in [4.78, 5) is 4.40. The van der Waals surface area contributed by atoms with E-state index in [1.165, 1.54) is 17.7 Å². The molecule has 0 radical (unpaired) electrons. The van der Waals surface area contributed by atoms with Crippen LogP contribution in [0.25, 0.3) is 5.69 Å². The highest BCUT2D eigenvalue weighted by atomic mass is 79.9. The number of benzene rings is 1. The molecule has 1 aromatic carbocycles. The summed E-state index contributed by atoms with van der Waals surface area (Å²) < 4.78 is 3.25. The highest BCUT2D eigenvalue weighted by Crippen LogP contribution is 2.23. The van der Waals surface area contributed by atoms with Crippen molar-refractivity contribution in [1.82, 2.24) is 9.55 Å². The SMILES string of the molecule is CCCCNc1nccn1-c1ccc(Br)cc1CC. The molecule has 0 fully saturated rings. The molecule has 0 saturated carbocycles. The molecule has 19 heavy (non-hydrogen) atoms. The Kier molecular flexibility index (Phi) is 5.02. The average molecular weight is 322 g/mol. The fourth-order valence-corrected chi connectivity index (χ4v) is 2.49. The topological polar surface area (TPSA) is 29.9 Å². The van der Waals surface area contributed by atoms with Crippen molar-refractivity contribution in [2.75, 3.05) is 11.9 Å². The maximum absolute atomic E-state index is 4.40. The molecule has 1 N–H and O–H groups in total. The van der Waals surface area contributed by atoms with Crippen LogP contribution >= 0.6 is 15.9 Å². The second kappa shape index (κ2) is 6.75. The van der Waals surface area contributed by atoms with Gasteiger partial charge in [-0.3, -0.25) is 4.57 Å². The Morgan fingerprint density at radius 2 is 2.16 bits per heavy atom. The number of hydrogen-bond acceptors (Lipinski definition) is 2. The molecule has 1 aromatic heterocycles. The van der Waals surface area contributed by atoms with E-state index in [0.29, 0.717) is 0 Å². The number of aromatic nitrogens is 2. The Labute approximate surface area is 123 Å². The molecule has 0 aliphatic heterocycles. The summed E-state index contributed by atoms with van der Waals surface area (Å²) in [5, 5.41) is 3.40. The minimum Gasteiger partial charge on any atom is -0.355 e. The second-order valence-corrected chi connectivity index (χ2v) is 5.44. The summed E-state index contributed by atoms with van der Waals surface area (Å²) >= 11 is 3.53. The molecule has 102 valence electrons. The van der Waals surface area contributed by atoms with Crippen molar-refractivity contribution in [2.24, 2.45) is 0 Å². The van der Waals surface area contributed by atoms with Crippen LogP contribution in [0.5, 0.6) is 0 Å². The van der Waals surface area contributed by atoms with Crippen LogP contribution < -0.4 is 5.32 Å². The van der Waals surface area contributed by atoms with Gasteiger partial charge in [-0.15, -0.1) is 0 Å². The fourth-order valence-electron chi connectivity index (χ4n) is 2.08. The quantitative estimate of drug-likeness (QED) is 0.799. The number of nitrogens with zero attached hydrogens (tertiary/aromatic N) is 2. The van der Waals surface area contributed by atoms with Crippen LogP contribution in [0.1, 0.15) is 32.3 Å². The molecular weight excluding hydrogens is 302 g/mol. The van der Waals surface area contributed by atoms with Crippen molar-refractivity contribution in [3.63, 3.8) is 0 Å². The van der Waals surface area contributed by atoms with Crippen molar-refractivity contribution in [3.8, 4) is 5.69 Å². The number of imidazole rings is 1. The maximum atomic E-state index is 4.40. The van der Waals surface area contributed by atoms with Gasteiger partial charge in [0.15, 0.2) is 0 Å². The molecule has 0 atom stereocenters. The minimum absolute atomic E-state index is 0.922. The van der Waals surface area contributed by atoms with Crippen LogP contribution in [0.3, 0.4) is 0 Å². The number of halogens is 1. The Hall–Kier alpha value is -1.29. The first-order valence-electron chi connectivity index (χ1n) is 6.82. The molecule has 0 spiro atoms. The van der Waals surface area contributed by atoms with E-state index in [2.05, 4.69) is 62.8 Å². The monoisotopic (exact) mass is 321 g/mol. The predicted molar refractivity (Wildman–Crippen MR) is 84.0 cm³/mol. The predicted octanol–water partition coefficient (Wildman–Crippen LogP) is 4.41. The molecule has 0 unspecified atom stereocenters. The lowest BCUT2D eigenvalue weighted by Crippen LogP contribution is -2.08. The van der Waals surface area contributed by atoms with Crippen molar-refractivity contribution < 1.29 is 0 Å². The summed E-state index contributed by atoms with van der Waals surface area (Å²) in [5.41, 5.74) is 2.51. The van der Waals surface area contributed by atoms with Crippen molar-refractivity contribution >= 4 is 21.9 Å². The molecule has 2 rings (SSSR count). The van der Waals surface area contributed by atoms with Gasteiger partial charge in [-0.2, -0.15) is 0 Å². The molecule has 1 heterocycles. The smallest absolute Gasteiger partial charge is 0.207 e. The van der Waals surface area contributed by atoms with Gasteiger partial charge in [0, 0.05) is 23.4 Å². The molecule has 0 aliphatic rings. The number of hydrogen-bond donors (Lipinski definition) is 1. The van der Waals surface area contributed by atoms with E-state index < -0.39 is 0 Å². The summed E-state index contributed by atoms with van der Waals surface area (Å²) in [5.74, 6) is 0.922. The summed E-state index contributed by atoms with van der Waals surface area (Å²) in [7, 11) is 0. The Bertz CT molecular complexity index is 534. The Morgan fingerprint density at radius 1 is 1.32 bits per heavy atom. The van der Waals surface area contributed by atoms with E-state index in [1.54, 1.807) is 0 Å². The van der Waals surface area contributed by atoms with Crippen LogP contribution in [-0.2, 0) is 6.42 Å². The molecule has 4 heteroatoms. The van der Waals surface area contributed by atoms with E-state index >= 15 is 0 Å². The van der Waals surface area contributed by atoms with E-state index in [9.17, 15) is 0 Å². The lowest BCUT2D eigenvalue weighted by molar-refractivity contribution is 0.822. The van der Waals surface area contributed by atoms with Gasteiger partial charge in [-0.25, -0.2) is 4.98 Å². The van der Waals surface area contributed by atoms with Crippen LogP contribution in [0.4, 0.5) is 5.95 Å². The maximum Gasteiger partial charge on any atom is 0.207 e. The van der Waals surface area contributed by atoms with Crippen LogP contribution in [0.15, 0.2) is 35.1 Å². The third-order valence-electron chi connectivity index (χ3n) is 3.14. The van der Waals surface area contributed by atoms with E-state index in [4.69, 9.17) is 0 Å². The first-order valence-corrected chi connectivity index (χ1v) is 7.61. The zero-order chi connectivity index (χ0) is 13.7. The van der Waals surface area contributed by atoms with Crippen LogP contribution in [-0.4, -0.2) is 16.1 Å². The van der Waals surface area contributed by atoms with Gasteiger partial charge in [0.2, 0.25) is 5.95 Å². The van der Waals surface area contributed by atoms with E-state index in [-0.39, 0.29) is 0 Å². The second-order valence-electron chi connectivity index (χ2n) is 4.53. The molecule has 3 nitrogen and oxygen atoms in total. The largest absolute Gasteiger partial charge is 0.355 e. The Balaban J connectivity index is 2.29. The van der Waals surface area contributed by atoms with Gasteiger partial charge in [0.05, 0.1) is 5.69 Å². The zero-order valence-corrected chi connectivity index (χ0v) is 13.1. The molecule has 0 bridgehead atoms. The standard InChI is InChI=1S/C15H20BrN3/c1-3-5-8-17-15-18-9-10-19(15)14-7-6-13(16)11-12(14)4-2/h6-7,9-11H,3-5,8H2,1-2H3,(H,17,18). The highest BCUT2D eigenvalue weighted by molar-refractivity contribution is 9.10. The lowest BCUT2D eigenvalue weighted by Gasteiger charge is -2.13. The number of nitrogens with one attached hydrogen (secondary N) is 1. The first kappa shape index (κ1) is 14.1. The number of aryl methyl sites for hydroxylation is 1. The van der Waals surface area contributed by atoms with Gasteiger partial charge in [0.1, 0.15) is 0 Å². The summed E-state index contributed by atoms with van der Waals surface area (Å²) in [6.45, 7) is 5.33. The third kappa shape index (κ3) is 3.38. The van der Waals surface area contributed by atoms with Crippen molar-refractivity contribution in [1.29, 1.82) is 0 Å². The van der Waals surface area contributed by atoms with Gasteiger partial charge in [0.25, 0.3) is 0 Å². The Morgan fingerprint density at radius 3 is 2.89 bits per heavy atom. The number of unbranched alkanes of at least 4 members (excludes halogenated alkanes) is 1. The van der Waals surface area contributed by atoms with Gasteiger partial charge >= 0.3 is 0 Å². The van der Waals surface area contributed by atoms with Crippen LogP contribution in [0.2, 0.25) is 0 Å². The minimum atomic E-state index is 0.922. The third-order valence-corrected chi connectivity index (χ3v) is 3.63. The van der Waals surface area contributed by atoms with Crippen molar-refractivity contribution in [2.45, 2.75) is 33.1 Å². The van der Waals surface area contributed by atoms with E-state index in [0.717, 1.165) is 29.8 Å². The molecule has 2 aromatic rings. The lowest BCUT2D eigenvalue weighted by atomic mass is 10.1. The van der Waals surface area contributed by atoms with Crippen molar-refractivity contribution in [3.05, 3.63) is 40.6 Å². The van der Waals surface area contributed by atoms with E-state index in [1.807, 2.05) is 12.4 Å². The average Bonchev–Trinajstić information content (AvgIpc) is 2.87. The van der Waals surface area contributed by atoms with Gasteiger partial charge in [-0.05, 0) is 36.6 Å². The summed E-state index contributed by atoms with van der Waals surface area (Å²) in [6.07, 6.45) is 7.20. The first-order chi connectivity index (χ1) is 9.26.